The molecule has 3 fully saturated rings. The molecular formula is C28H42O2. The van der Waals surface area contributed by atoms with Crippen molar-refractivity contribution >= 4 is 0 Å². The lowest BCUT2D eigenvalue weighted by molar-refractivity contribution is 0.00583. The van der Waals surface area contributed by atoms with E-state index >= 15 is 0 Å². The molecule has 166 valence electrons. The van der Waals surface area contributed by atoms with Gasteiger partial charge in [0.05, 0.1) is 6.10 Å². The van der Waals surface area contributed by atoms with Crippen molar-refractivity contribution in [2.24, 2.45) is 23.7 Å². The summed E-state index contributed by atoms with van der Waals surface area (Å²) < 4.78 is 11.6. The highest BCUT2D eigenvalue weighted by atomic mass is 16.5. The molecule has 4 atom stereocenters. The average Bonchev–Trinajstić information content (AvgIpc) is 2.80. The van der Waals surface area contributed by atoms with Gasteiger partial charge in [0.15, 0.2) is 0 Å². The van der Waals surface area contributed by atoms with Crippen molar-refractivity contribution in [3.8, 4) is 5.75 Å². The first-order valence-electron chi connectivity index (χ1n) is 12.7. The van der Waals surface area contributed by atoms with Crippen LogP contribution in [0.25, 0.3) is 0 Å². The van der Waals surface area contributed by atoms with Gasteiger partial charge in [0.25, 0.3) is 0 Å². The fourth-order valence-corrected chi connectivity index (χ4v) is 6.70. The molecule has 0 saturated heterocycles. The van der Waals surface area contributed by atoms with Crippen molar-refractivity contribution in [1.82, 2.24) is 0 Å². The summed E-state index contributed by atoms with van der Waals surface area (Å²) in [5.41, 5.74) is 1.53. The fourth-order valence-electron chi connectivity index (χ4n) is 6.70. The summed E-state index contributed by atoms with van der Waals surface area (Å²) >= 11 is 0. The summed E-state index contributed by atoms with van der Waals surface area (Å²) in [4.78, 5) is 0. The molecule has 0 spiro atoms. The molecule has 30 heavy (non-hydrogen) atoms. The second-order valence-electron chi connectivity index (χ2n) is 10.0. The monoisotopic (exact) mass is 410 g/mol. The summed E-state index contributed by atoms with van der Waals surface area (Å²) in [5, 5.41) is 0. The highest BCUT2D eigenvalue weighted by Crippen LogP contribution is 2.50. The molecule has 3 saturated carbocycles. The van der Waals surface area contributed by atoms with Crippen molar-refractivity contribution in [2.75, 3.05) is 13.2 Å². The number of rotatable bonds is 7. The highest BCUT2D eigenvalue weighted by molar-refractivity contribution is 5.30. The minimum absolute atomic E-state index is 0.554. The van der Waals surface area contributed by atoms with Gasteiger partial charge in [-0.3, -0.25) is 0 Å². The zero-order chi connectivity index (χ0) is 20.8. The maximum atomic E-state index is 5.88. The van der Waals surface area contributed by atoms with Crippen molar-refractivity contribution in [1.29, 1.82) is 0 Å². The molecule has 0 heterocycles. The van der Waals surface area contributed by atoms with Crippen LogP contribution >= 0.6 is 0 Å². The van der Waals surface area contributed by atoms with Crippen molar-refractivity contribution < 1.29 is 9.47 Å². The average molecular weight is 411 g/mol. The van der Waals surface area contributed by atoms with E-state index in [1.807, 2.05) is 13.0 Å². The van der Waals surface area contributed by atoms with Gasteiger partial charge < -0.3 is 9.47 Å². The van der Waals surface area contributed by atoms with E-state index in [9.17, 15) is 0 Å². The molecule has 0 aromatic heterocycles. The van der Waals surface area contributed by atoms with E-state index in [-0.39, 0.29) is 0 Å². The zero-order valence-corrected chi connectivity index (χ0v) is 19.2. The second kappa shape index (κ2) is 10.8. The van der Waals surface area contributed by atoms with Crippen LogP contribution in [0.2, 0.25) is 0 Å². The van der Waals surface area contributed by atoms with Crippen molar-refractivity contribution in [3.05, 3.63) is 42.0 Å². The third-order valence-corrected chi connectivity index (χ3v) is 8.37. The Hall–Kier alpha value is -1.28. The van der Waals surface area contributed by atoms with Crippen molar-refractivity contribution in [2.45, 2.75) is 90.1 Å². The van der Waals surface area contributed by atoms with Gasteiger partial charge in [-0.05, 0) is 125 Å². The molecule has 4 rings (SSSR count). The van der Waals surface area contributed by atoms with Crippen LogP contribution in [-0.2, 0) is 4.74 Å². The van der Waals surface area contributed by atoms with Crippen LogP contribution in [-0.4, -0.2) is 19.3 Å². The van der Waals surface area contributed by atoms with E-state index in [0.29, 0.717) is 12.7 Å². The quantitative estimate of drug-likeness (QED) is 0.432. The van der Waals surface area contributed by atoms with E-state index in [1.54, 1.807) is 0 Å². The first kappa shape index (κ1) is 21.9. The first-order chi connectivity index (χ1) is 14.8. The van der Waals surface area contributed by atoms with Gasteiger partial charge in [-0.2, -0.15) is 0 Å². The Balaban J connectivity index is 1.25. The smallest absolute Gasteiger partial charge is 0.119 e. The predicted molar refractivity (Wildman–Crippen MR) is 125 cm³/mol. The normalized spacial score (nSPS) is 34.6. The maximum absolute atomic E-state index is 5.88. The van der Waals surface area contributed by atoms with Crippen LogP contribution in [0.15, 0.2) is 36.4 Å². The largest absolute Gasteiger partial charge is 0.490 e. The predicted octanol–water partition coefficient (Wildman–Crippen LogP) is 7.54. The fraction of sp³-hybridized carbons (Fsp3) is 0.714. The Morgan fingerprint density at radius 3 is 2.13 bits per heavy atom. The van der Waals surface area contributed by atoms with Crippen LogP contribution in [0.1, 0.15) is 89.5 Å². The topological polar surface area (TPSA) is 18.5 Å². The van der Waals surface area contributed by atoms with Gasteiger partial charge in [-0.15, -0.1) is 0 Å². The number of hydrogen-bond acceptors (Lipinski definition) is 2. The molecule has 3 aliphatic carbocycles. The molecule has 2 nitrogen and oxygen atoms in total. The number of allylic oxidation sites excluding steroid dienone is 1. The summed E-state index contributed by atoms with van der Waals surface area (Å²) in [5.74, 6) is 5.69. The third kappa shape index (κ3) is 5.49. The van der Waals surface area contributed by atoms with Crippen LogP contribution in [0.5, 0.6) is 5.75 Å². The molecule has 0 amide bonds. The summed E-state index contributed by atoms with van der Waals surface area (Å²) in [7, 11) is 0. The lowest BCUT2D eigenvalue weighted by Gasteiger charge is -2.45. The van der Waals surface area contributed by atoms with Crippen LogP contribution in [0, 0.1) is 23.7 Å². The van der Waals surface area contributed by atoms with Gasteiger partial charge in [-0.25, -0.2) is 0 Å². The number of ether oxygens (including phenoxy) is 2. The highest BCUT2D eigenvalue weighted by Gasteiger charge is 2.39. The Bertz CT molecular complexity index is 656. The minimum Gasteiger partial charge on any atom is -0.490 e. The van der Waals surface area contributed by atoms with E-state index < -0.39 is 0 Å². The van der Waals surface area contributed by atoms with Crippen LogP contribution in [0.4, 0.5) is 0 Å². The molecule has 2 heteroatoms. The standard InChI is InChI=1S/C28H42O2/c1-3-5-18-30-28-16-12-22(13-17-28)24-7-9-25-19-23(6-8-26(25)20-24)21-10-14-27(15-11-21)29-4-2/h3,5,12-13,16-17,21,23-27H,4,6-11,14-15,18-20H2,1-2H3/b5-3+. The van der Waals surface area contributed by atoms with Crippen LogP contribution < -0.4 is 4.74 Å². The van der Waals surface area contributed by atoms with Crippen molar-refractivity contribution in [3.63, 3.8) is 0 Å². The van der Waals surface area contributed by atoms with Crippen LogP contribution in [0.3, 0.4) is 0 Å². The van der Waals surface area contributed by atoms with E-state index in [2.05, 4.69) is 37.3 Å². The molecule has 4 unspecified atom stereocenters. The van der Waals surface area contributed by atoms with Gasteiger partial charge in [0, 0.05) is 6.61 Å². The van der Waals surface area contributed by atoms with E-state index in [1.165, 1.54) is 69.8 Å². The molecule has 0 N–H and O–H groups in total. The molecule has 1 aromatic carbocycles. The number of hydrogen-bond donors (Lipinski definition) is 0. The third-order valence-electron chi connectivity index (χ3n) is 8.37. The van der Waals surface area contributed by atoms with Gasteiger partial charge in [0.1, 0.15) is 12.4 Å². The van der Waals surface area contributed by atoms with Gasteiger partial charge in [0.2, 0.25) is 0 Å². The Kier molecular flexibility index (Phi) is 7.93. The molecule has 0 radical (unpaired) electrons. The SMILES string of the molecule is C/C=C/COc1ccc(C2CCC3CC(C4CCC(OCC)CC4)CCC3C2)cc1. The first-order valence-corrected chi connectivity index (χ1v) is 12.7. The van der Waals surface area contributed by atoms with E-state index in [0.717, 1.165) is 41.9 Å². The number of fused-ring (bicyclic) bond motifs is 1. The molecule has 0 bridgehead atoms. The summed E-state index contributed by atoms with van der Waals surface area (Å²) in [6.07, 6.45) is 18.8. The summed E-state index contributed by atoms with van der Waals surface area (Å²) in [6.45, 7) is 5.72. The van der Waals surface area contributed by atoms with E-state index in [4.69, 9.17) is 9.47 Å². The summed E-state index contributed by atoms with van der Waals surface area (Å²) in [6, 6.07) is 8.97. The molecular weight excluding hydrogens is 368 g/mol. The zero-order valence-electron chi connectivity index (χ0n) is 19.2. The maximum Gasteiger partial charge on any atom is 0.119 e. The molecule has 3 aliphatic rings. The van der Waals surface area contributed by atoms with Gasteiger partial charge >= 0.3 is 0 Å². The Morgan fingerprint density at radius 2 is 1.43 bits per heavy atom. The lowest BCUT2D eigenvalue weighted by Crippen LogP contribution is -2.35. The second-order valence-corrected chi connectivity index (χ2v) is 10.0. The lowest BCUT2D eigenvalue weighted by atomic mass is 9.60. The number of benzene rings is 1. The molecule has 0 aliphatic heterocycles. The Morgan fingerprint density at radius 1 is 0.800 bits per heavy atom. The molecule has 1 aromatic rings. The van der Waals surface area contributed by atoms with Gasteiger partial charge in [-0.1, -0.05) is 24.3 Å². The Labute approximate surface area is 184 Å². The minimum atomic E-state index is 0.554.